The number of carbonyl (C=O) groups is 3. The SMILES string of the molecule is CC(=O)COC(=O)[C@@H](NC(=O)OC(C)(C)C)C(C)C. The highest BCUT2D eigenvalue weighted by Gasteiger charge is 2.28. The van der Waals surface area contributed by atoms with E-state index in [0.717, 1.165) is 0 Å². The molecule has 0 aromatic carbocycles. The van der Waals surface area contributed by atoms with Crippen molar-refractivity contribution in [1.82, 2.24) is 5.32 Å². The smallest absolute Gasteiger partial charge is 0.408 e. The molecule has 19 heavy (non-hydrogen) atoms. The van der Waals surface area contributed by atoms with Gasteiger partial charge in [-0.25, -0.2) is 9.59 Å². The van der Waals surface area contributed by atoms with Gasteiger partial charge in [0.25, 0.3) is 0 Å². The Morgan fingerprint density at radius 3 is 2.05 bits per heavy atom. The Bertz CT molecular complexity index is 343. The maximum atomic E-state index is 11.7. The van der Waals surface area contributed by atoms with E-state index in [4.69, 9.17) is 9.47 Å². The van der Waals surface area contributed by atoms with Crippen LogP contribution in [0.3, 0.4) is 0 Å². The number of Topliss-reactive ketones (excluding diaryl/α,β-unsaturated/α-hetero) is 1. The normalized spacial score (nSPS) is 12.8. The van der Waals surface area contributed by atoms with Crippen molar-refractivity contribution in [2.45, 2.75) is 53.2 Å². The van der Waals surface area contributed by atoms with Gasteiger partial charge in [0.05, 0.1) is 0 Å². The fraction of sp³-hybridized carbons (Fsp3) is 0.769. The van der Waals surface area contributed by atoms with E-state index in [1.54, 1.807) is 34.6 Å². The van der Waals surface area contributed by atoms with E-state index in [1.807, 2.05) is 0 Å². The van der Waals surface area contributed by atoms with E-state index in [9.17, 15) is 14.4 Å². The zero-order chi connectivity index (χ0) is 15.2. The molecule has 1 N–H and O–H groups in total. The monoisotopic (exact) mass is 273 g/mol. The summed E-state index contributed by atoms with van der Waals surface area (Å²) in [7, 11) is 0. The molecule has 0 aliphatic carbocycles. The summed E-state index contributed by atoms with van der Waals surface area (Å²) in [6, 6.07) is -0.839. The first-order valence-electron chi connectivity index (χ1n) is 6.18. The van der Waals surface area contributed by atoms with Gasteiger partial charge in [-0.1, -0.05) is 13.8 Å². The highest BCUT2D eigenvalue weighted by Crippen LogP contribution is 2.09. The van der Waals surface area contributed by atoms with Crippen LogP contribution in [0.15, 0.2) is 0 Å². The molecule has 0 saturated heterocycles. The highest BCUT2D eigenvalue weighted by molar-refractivity contribution is 5.84. The number of amides is 1. The fourth-order valence-corrected chi connectivity index (χ4v) is 1.19. The van der Waals surface area contributed by atoms with Gasteiger partial charge in [-0.2, -0.15) is 0 Å². The Kier molecular flexibility index (Phi) is 6.52. The lowest BCUT2D eigenvalue weighted by molar-refractivity contribution is -0.150. The van der Waals surface area contributed by atoms with Crippen LogP contribution in [0.1, 0.15) is 41.5 Å². The molecule has 0 spiro atoms. The van der Waals surface area contributed by atoms with Crippen LogP contribution in [0.4, 0.5) is 4.79 Å². The second kappa shape index (κ2) is 7.11. The Morgan fingerprint density at radius 1 is 1.16 bits per heavy atom. The molecule has 0 aliphatic rings. The largest absolute Gasteiger partial charge is 0.456 e. The maximum absolute atomic E-state index is 11.7. The number of carbonyl (C=O) groups excluding carboxylic acids is 3. The molecule has 0 heterocycles. The molecular weight excluding hydrogens is 250 g/mol. The first-order valence-corrected chi connectivity index (χ1v) is 6.18. The highest BCUT2D eigenvalue weighted by atomic mass is 16.6. The molecule has 0 saturated carbocycles. The van der Waals surface area contributed by atoms with Gasteiger partial charge in [0.15, 0.2) is 5.78 Å². The number of alkyl carbamates (subject to hydrolysis) is 1. The van der Waals surface area contributed by atoms with E-state index in [1.165, 1.54) is 6.92 Å². The van der Waals surface area contributed by atoms with Gasteiger partial charge in [-0.05, 0) is 33.6 Å². The summed E-state index contributed by atoms with van der Waals surface area (Å²) < 4.78 is 9.87. The van der Waals surface area contributed by atoms with Crippen molar-refractivity contribution in [2.24, 2.45) is 5.92 Å². The van der Waals surface area contributed by atoms with Crippen LogP contribution in [-0.2, 0) is 19.1 Å². The molecule has 0 fully saturated rings. The average molecular weight is 273 g/mol. The molecule has 0 bridgehead atoms. The molecule has 110 valence electrons. The standard InChI is InChI=1S/C13H23NO5/c1-8(2)10(11(16)18-7-9(3)15)14-12(17)19-13(4,5)6/h8,10H,7H2,1-6H3,(H,14,17)/t10-/m0/s1. The third-order valence-corrected chi connectivity index (χ3v) is 2.01. The van der Waals surface area contributed by atoms with Crippen molar-refractivity contribution < 1.29 is 23.9 Å². The van der Waals surface area contributed by atoms with E-state index in [2.05, 4.69) is 5.32 Å². The number of ether oxygens (including phenoxy) is 2. The van der Waals surface area contributed by atoms with E-state index in [-0.39, 0.29) is 18.3 Å². The van der Waals surface area contributed by atoms with Crippen molar-refractivity contribution in [3.8, 4) is 0 Å². The number of rotatable bonds is 5. The molecule has 0 rings (SSSR count). The fourth-order valence-electron chi connectivity index (χ4n) is 1.19. The van der Waals surface area contributed by atoms with E-state index in [0.29, 0.717) is 0 Å². The minimum atomic E-state index is -0.839. The van der Waals surface area contributed by atoms with Gasteiger partial charge in [0.2, 0.25) is 0 Å². The maximum Gasteiger partial charge on any atom is 0.408 e. The Morgan fingerprint density at radius 2 is 1.68 bits per heavy atom. The summed E-state index contributed by atoms with van der Waals surface area (Å²) in [4.78, 5) is 34.1. The molecule has 1 amide bonds. The van der Waals surface area contributed by atoms with Crippen molar-refractivity contribution in [2.75, 3.05) is 6.61 Å². The third-order valence-electron chi connectivity index (χ3n) is 2.01. The van der Waals surface area contributed by atoms with Crippen LogP contribution in [0.25, 0.3) is 0 Å². The van der Waals surface area contributed by atoms with Gasteiger partial charge in [0.1, 0.15) is 18.2 Å². The Labute approximate surface area is 113 Å². The van der Waals surface area contributed by atoms with Crippen molar-refractivity contribution in [3.63, 3.8) is 0 Å². The number of hydrogen-bond acceptors (Lipinski definition) is 5. The van der Waals surface area contributed by atoms with Gasteiger partial charge < -0.3 is 14.8 Å². The van der Waals surface area contributed by atoms with Crippen molar-refractivity contribution >= 4 is 17.8 Å². The summed E-state index contributed by atoms with van der Waals surface area (Å²) in [5, 5.41) is 2.45. The average Bonchev–Trinajstić information content (AvgIpc) is 2.19. The molecule has 0 aliphatic heterocycles. The van der Waals surface area contributed by atoms with Crippen LogP contribution >= 0.6 is 0 Å². The molecule has 0 aromatic rings. The van der Waals surface area contributed by atoms with Crippen LogP contribution in [0.2, 0.25) is 0 Å². The minimum Gasteiger partial charge on any atom is -0.456 e. The summed E-state index contributed by atoms with van der Waals surface area (Å²) in [6.07, 6.45) is -0.689. The second-order valence-corrected chi connectivity index (χ2v) is 5.68. The molecule has 1 atom stereocenters. The molecule has 6 heteroatoms. The third kappa shape index (κ3) is 8.18. The summed E-state index contributed by atoms with van der Waals surface area (Å²) in [6.45, 7) is 9.73. The number of esters is 1. The Hall–Kier alpha value is -1.59. The first kappa shape index (κ1) is 17.4. The van der Waals surface area contributed by atoms with Gasteiger partial charge in [-0.3, -0.25) is 4.79 Å². The number of nitrogens with one attached hydrogen (secondary N) is 1. The zero-order valence-corrected chi connectivity index (χ0v) is 12.4. The molecular formula is C13H23NO5. The second-order valence-electron chi connectivity index (χ2n) is 5.68. The topological polar surface area (TPSA) is 81.7 Å². The van der Waals surface area contributed by atoms with E-state index >= 15 is 0 Å². The summed E-state index contributed by atoms with van der Waals surface area (Å²) in [5.41, 5.74) is -0.644. The van der Waals surface area contributed by atoms with Gasteiger partial charge in [0, 0.05) is 0 Å². The van der Waals surface area contributed by atoms with Crippen LogP contribution < -0.4 is 5.32 Å². The van der Waals surface area contributed by atoms with Crippen molar-refractivity contribution in [1.29, 1.82) is 0 Å². The van der Waals surface area contributed by atoms with Gasteiger partial charge in [-0.15, -0.1) is 0 Å². The van der Waals surface area contributed by atoms with Crippen LogP contribution in [0, 0.1) is 5.92 Å². The Balaban J connectivity index is 4.53. The first-order chi connectivity index (χ1) is 8.53. The predicted molar refractivity (Wildman–Crippen MR) is 69.6 cm³/mol. The molecule has 0 unspecified atom stereocenters. The quantitative estimate of drug-likeness (QED) is 0.770. The lowest BCUT2D eigenvalue weighted by Gasteiger charge is -2.24. The van der Waals surface area contributed by atoms with Gasteiger partial charge >= 0.3 is 12.1 Å². The lowest BCUT2D eigenvalue weighted by atomic mass is 10.1. The van der Waals surface area contributed by atoms with E-state index < -0.39 is 23.7 Å². The summed E-state index contributed by atoms with van der Waals surface area (Å²) in [5.74, 6) is -1.07. The number of hydrogen-bond donors (Lipinski definition) is 1. The molecule has 0 aromatic heterocycles. The minimum absolute atomic E-state index is 0.174. The van der Waals surface area contributed by atoms with Crippen molar-refractivity contribution in [3.05, 3.63) is 0 Å². The molecule has 0 radical (unpaired) electrons. The zero-order valence-electron chi connectivity index (χ0n) is 12.4. The predicted octanol–water partition coefficient (Wildman–Crippen LogP) is 1.67. The molecule has 6 nitrogen and oxygen atoms in total. The van der Waals surface area contributed by atoms with Crippen LogP contribution in [-0.4, -0.2) is 36.1 Å². The van der Waals surface area contributed by atoms with Crippen LogP contribution in [0.5, 0.6) is 0 Å². The number of ketones is 1. The summed E-state index contributed by atoms with van der Waals surface area (Å²) >= 11 is 0. The lowest BCUT2D eigenvalue weighted by Crippen LogP contribution is -2.47.